The number of halogens is 6. The fourth-order valence-electron chi connectivity index (χ4n) is 2.53. The molecule has 31 heavy (non-hydrogen) atoms. The summed E-state index contributed by atoms with van der Waals surface area (Å²) in [6.07, 6.45) is -2.47. The van der Waals surface area contributed by atoms with Crippen LogP contribution in [0.1, 0.15) is 27.9 Å². The molecule has 0 saturated heterocycles. The number of benzene rings is 2. The van der Waals surface area contributed by atoms with Crippen LogP contribution in [0.5, 0.6) is 11.5 Å². The van der Waals surface area contributed by atoms with Crippen molar-refractivity contribution >= 4 is 40.7 Å². The number of carbonyl (C=O) groups excluding carboxylic acids is 1. The van der Waals surface area contributed by atoms with Gasteiger partial charge < -0.3 is 14.8 Å². The van der Waals surface area contributed by atoms with Gasteiger partial charge in [-0.05, 0) is 55.3 Å². The number of hydrogen-bond acceptors (Lipinski definition) is 3. The molecule has 168 valence electrons. The Morgan fingerprint density at radius 2 is 1.81 bits per heavy atom. The highest BCUT2D eigenvalue weighted by molar-refractivity contribution is 6.55. The highest BCUT2D eigenvalue weighted by atomic mass is 35.5. The molecule has 0 unspecified atom stereocenters. The van der Waals surface area contributed by atoms with Crippen LogP contribution in [-0.2, 0) is 6.18 Å². The molecule has 0 spiro atoms. The fourth-order valence-corrected chi connectivity index (χ4v) is 2.96. The Kier molecular flexibility index (Phi) is 9.34. The zero-order chi connectivity index (χ0) is 23.0. The summed E-state index contributed by atoms with van der Waals surface area (Å²) in [5, 5.41) is 3.00. The molecule has 2 aromatic rings. The first-order chi connectivity index (χ1) is 14.6. The minimum absolute atomic E-state index is 0.105. The summed E-state index contributed by atoms with van der Waals surface area (Å²) in [7, 11) is 0. The first-order valence-corrected chi connectivity index (χ1v) is 10.2. The summed E-state index contributed by atoms with van der Waals surface area (Å²) in [6, 6.07) is 7.37. The van der Waals surface area contributed by atoms with Crippen LogP contribution >= 0.6 is 34.8 Å². The zero-order valence-corrected chi connectivity index (χ0v) is 18.6. The van der Waals surface area contributed by atoms with Crippen molar-refractivity contribution in [1.82, 2.24) is 5.32 Å². The van der Waals surface area contributed by atoms with Crippen LogP contribution in [-0.4, -0.2) is 25.7 Å². The average Bonchev–Trinajstić information content (AvgIpc) is 2.68. The first kappa shape index (κ1) is 25.2. The Morgan fingerprint density at radius 3 is 2.39 bits per heavy atom. The van der Waals surface area contributed by atoms with E-state index in [1.54, 1.807) is 12.1 Å². The largest absolute Gasteiger partial charge is 0.492 e. The van der Waals surface area contributed by atoms with Gasteiger partial charge in [-0.3, -0.25) is 4.79 Å². The van der Waals surface area contributed by atoms with Crippen LogP contribution in [0.2, 0.25) is 5.02 Å². The fraction of sp³-hybridized carbons (Fsp3) is 0.286. The van der Waals surface area contributed by atoms with Gasteiger partial charge in [0.05, 0.1) is 17.2 Å². The Hall–Kier alpha value is -2.09. The van der Waals surface area contributed by atoms with E-state index in [9.17, 15) is 18.0 Å². The molecular weight excluding hydrogens is 478 g/mol. The van der Waals surface area contributed by atoms with Gasteiger partial charge in [-0.2, -0.15) is 13.2 Å². The molecule has 0 heterocycles. The highest BCUT2D eigenvalue weighted by Crippen LogP contribution is 2.33. The molecule has 0 aliphatic rings. The van der Waals surface area contributed by atoms with Crippen molar-refractivity contribution in [3.05, 3.63) is 68.7 Å². The van der Waals surface area contributed by atoms with Crippen molar-refractivity contribution in [2.24, 2.45) is 0 Å². The Labute approximate surface area is 192 Å². The first-order valence-electron chi connectivity index (χ1n) is 9.10. The lowest BCUT2D eigenvalue weighted by Gasteiger charge is -2.13. The van der Waals surface area contributed by atoms with Crippen molar-refractivity contribution in [3.8, 4) is 11.5 Å². The number of aryl methyl sites for hydroxylation is 1. The quantitative estimate of drug-likeness (QED) is 0.400. The number of amides is 1. The van der Waals surface area contributed by atoms with E-state index in [1.165, 1.54) is 6.08 Å². The average molecular weight is 497 g/mol. The summed E-state index contributed by atoms with van der Waals surface area (Å²) in [6.45, 7) is 2.56. The van der Waals surface area contributed by atoms with E-state index < -0.39 is 17.6 Å². The maximum atomic E-state index is 12.6. The van der Waals surface area contributed by atoms with Crippen molar-refractivity contribution in [3.63, 3.8) is 0 Å². The molecule has 2 rings (SSSR count). The van der Waals surface area contributed by atoms with Gasteiger partial charge in [0.25, 0.3) is 5.91 Å². The predicted octanol–water partition coefficient (Wildman–Crippen LogP) is 6.56. The number of hydrogen-bond donors (Lipinski definition) is 1. The van der Waals surface area contributed by atoms with Crippen LogP contribution in [0, 0.1) is 6.92 Å². The van der Waals surface area contributed by atoms with E-state index in [1.807, 2.05) is 6.92 Å². The van der Waals surface area contributed by atoms with Crippen molar-refractivity contribution in [2.45, 2.75) is 19.5 Å². The molecule has 0 aromatic heterocycles. The van der Waals surface area contributed by atoms with Crippen molar-refractivity contribution < 1.29 is 27.4 Å². The van der Waals surface area contributed by atoms with E-state index in [0.717, 1.165) is 29.8 Å². The molecule has 0 radical (unpaired) electrons. The predicted molar refractivity (Wildman–Crippen MR) is 115 cm³/mol. The molecule has 0 saturated carbocycles. The van der Waals surface area contributed by atoms with E-state index >= 15 is 0 Å². The lowest BCUT2D eigenvalue weighted by molar-refractivity contribution is -0.137. The van der Waals surface area contributed by atoms with E-state index in [-0.39, 0.29) is 29.8 Å². The molecule has 10 heteroatoms. The van der Waals surface area contributed by atoms with Gasteiger partial charge in [0.15, 0.2) is 0 Å². The monoisotopic (exact) mass is 495 g/mol. The molecule has 0 bridgehead atoms. The molecular formula is C21H19Cl3F3NO3. The molecule has 0 aliphatic heterocycles. The number of carbonyl (C=O) groups is 1. The lowest BCUT2D eigenvalue weighted by atomic mass is 10.1. The third kappa shape index (κ3) is 8.16. The topological polar surface area (TPSA) is 47.6 Å². The minimum atomic E-state index is -4.44. The molecule has 1 N–H and O–H groups in total. The molecule has 0 aliphatic carbocycles. The summed E-state index contributed by atoms with van der Waals surface area (Å²) < 4.78 is 49.0. The second kappa shape index (κ2) is 11.5. The van der Waals surface area contributed by atoms with Gasteiger partial charge in [0, 0.05) is 18.2 Å². The van der Waals surface area contributed by atoms with Crippen LogP contribution in [0.3, 0.4) is 0 Å². The maximum Gasteiger partial charge on any atom is 0.416 e. The molecule has 1 amide bonds. The summed E-state index contributed by atoms with van der Waals surface area (Å²) in [5.74, 6) is 0.564. The van der Waals surface area contributed by atoms with Crippen LogP contribution in [0.25, 0.3) is 0 Å². The lowest BCUT2D eigenvalue weighted by Crippen LogP contribution is -2.25. The van der Waals surface area contributed by atoms with Gasteiger partial charge in [0.1, 0.15) is 22.6 Å². The summed E-state index contributed by atoms with van der Waals surface area (Å²) >= 11 is 17.3. The second-order valence-electron chi connectivity index (χ2n) is 6.39. The number of nitrogens with one attached hydrogen (secondary N) is 1. The van der Waals surface area contributed by atoms with Crippen molar-refractivity contribution in [2.75, 3.05) is 19.8 Å². The zero-order valence-electron chi connectivity index (χ0n) is 16.4. The van der Waals surface area contributed by atoms with Crippen LogP contribution < -0.4 is 14.8 Å². The Morgan fingerprint density at radius 1 is 1.13 bits per heavy atom. The molecule has 4 nitrogen and oxygen atoms in total. The maximum absolute atomic E-state index is 12.6. The molecule has 0 atom stereocenters. The second-order valence-corrected chi connectivity index (χ2v) is 7.80. The van der Waals surface area contributed by atoms with Crippen LogP contribution in [0.15, 0.2) is 47.0 Å². The molecule has 0 fully saturated rings. The summed E-state index contributed by atoms with van der Waals surface area (Å²) in [5.41, 5.74) is 0.103. The van der Waals surface area contributed by atoms with Crippen LogP contribution in [0.4, 0.5) is 13.2 Å². The van der Waals surface area contributed by atoms with Gasteiger partial charge in [-0.1, -0.05) is 34.8 Å². The van der Waals surface area contributed by atoms with E-state index in [4.69, 9.17) is 44.3 Å². The Balaban J connectivity index is 1.79. The number of rotatable bonds is 9. The third-order valence-electron chi connectivity index (χ3n) is 4.02. The van der Waals surface area contributed by atoms with E-state index in [2.05, 4.69) is 5.32 Å². The standard InChI is InChI=1S/C21H19Cl3F3NO3/c1-13-11-16(30-10-7-18(23)24)12-17(22)19(13)31-9-2-8-28-20(29)14-3-5-15(6-4-14)21(25,26)27/h3-7,11-12H,2,8-10H2,1H3,(H,28,29). The normalized spacial score (nSPS) is 11.1. The number of ether oxygens (including phenoxy) is 2. The SMILES string of the molecule is Cc1cc(OCC=C(Cl)Cl)cc(Cl)c1OCCCNC(=O)c1ccc(C(F)(F)F)cc1. The van der Waals surface area contributed by atoms with Gasteiger partial charge in [0.2, 0.25) is 0 Å². The minimum Gasteiger partial charge on any atom is -0.492 e. The van der Waals surface area contributed by atoms with E-state index in [0.29, 0.717) is 22.9 Å². The van der Waals surface area contributed by atoms with Gasteiger partial charge in [-0.25, -0.2) is 0 Å². The van der Waals surface area contributed by atoms with Crippen molar-refractivity contribution in [1.29, 1.82) is 0 Å². The van der Waals surface area contributed by atoms with Gasteiger partial charge in [-0.15, -0.1) is 0 Å². The highest BCUT2D eigenvalue weighted by Gasteiger charge is 2.30. The summed E-state index contributed by atoms with van der Waals surface area (Å²) in [4.78, 5) is 12.0. The van der Waals surface area contributed by atoms with Gasteiger partial charge >= 0.3 is 6.18 Å². The Bertz CT molecular complexity index is 905. The number of alkyl halides is 3. The third-order valence-corrected chi connectivity index (χ3v) is 4.61. The smallest absolute Gasteiger partial charge is 0.416 e. The molecule has 2 aromatic carbocycles.